The summed E-state index contributed by atoms with van der Waals surface area (Å²) in [7, 11) is 3.15. The minimum atomic E-state index is -0.197. The van der Waals surface area contributed by atoms with Crippen LogP contribution in [-0.4, -0.2) is 40.6 Å². The lowest BCUT2D eigenvalue weighted by Crippen LogP contribution is -2.15. The second-order valence-corrected chi connectivity index (χ2v) is 8.24. The first kappa shape index (κ1) is 22.8. The maximum Gasteiger partial charge on any atom is 0.234 e. The molecule has 1 N–H and O–H groups in total. The van der Waals surface area contributed by atoms with Crippen molar-refractivity contribution in [2.45, 2.75) is 11.7 Å². The van der Waals surface area contributed by atoms with Gasteiger partial charge in [-0.2, -0.15) is 0 Å². The Balaban J connectivity index is 1.52. The fourth-order valence-corrected chi connectivity index (χ4v) is 4.14. The Morgan fingerprint density at radius 1 is 1.12 bits per heavy atom. The molecule has 0 atom stereocenters. The van der Waals surface area contributed by atoms with Gasteiger partial charge >= 0.3 is 0 Å². The predicted molar refractivity (Wildman–Crippen MR) is 127 cm³/mol. The van der Waals surface area contributed by atoms with Crippen LogP contribution in [0.2, 0.25) is 5.02 Å². The molecule has 0 bridgehead atoms. The lowest BCUT2D eigenvalue weighted by Gasteiger charge is -2.10. The van der Waals surface area contributed by atoms with Gasteiger partial charge in [-0.05, 0) is 42.5 Å². The largest absolute Gasteiger partial charge is 0.497 e. The zero-order valence-corrected chi connectivity index (χ0v) is 19.5. The van der Waals surface area contributed by atoms with E-state index in [0.717, 1.165) is 11.3 Å². The summed E-state index contributed by atoms with van der Waals surface area (Å²) in [4.78, 5) is 12.5. The number of hydrogen-bond acceptors (Lipinski definition) is 7. The topological polar surface area (TPSA) is 91.4 Å². The quantitative estimate of drug-likeness (QED) is 0.335. The van der Waals surface area contributed by atoms with Crippen LogP contribution >= 0.6 is 23.4 Å². The number of hydrogen-bond donors (Lipinski definition) is 1. The molecule has 1 amide bonds. The van der Waals surface area contributed by atoms with E-state index < -0.39 is 0 Å². The van der Waals surface area contributed by atoms with Crippen molar-refractivity contribution in [2.24, 2.45) is 0 Å². The van der Waals surface area contributed by atoms with Gasteiger partial charge in [-0.3, -0.25) is 9.36 Å². The van der Waals surface area contributed by atoms with Crippen LogP contribution < -0.4 is 14.8 Å². The highest BCUT2D eigenvalue weighted by atomic mass is 35.5. The van der Waals surface area contributed by atoms with Gasteiger partial charge in [0, 0.05) is 11.3 Å². The lowest BCUT2D eigenvalue weighted by molar-refractivity contribution is -0.113. The Hall–Kier alpha value is -3.43. The Kier molecular flexibility index (Phi) is 7.21. The third kappa shape index (κ3) is 5.50. The molecule has 33 heavy (non-hydrogen) atoms. The average molecular weight is 485 g/mol. The zero-order valence-electron chi connectivity index (χ0n) is 17.9. The number of anilines is 1. The second kappa shape index (κ2) is 10.5. The van der Waals surface area contributed by atoms with Gasteiger partial charge in [-0.1, -0.05) is 35.5 Å². The van der Waals surface area contributed by atoms with Crippen molar-refractivity contribution in [3.8, 4) is 22.9 Å². The van der Waals surface area contributed by atoms with Gasteiger partial charge in [0.25, 0.3) is 0 Å². The molecule has 8 nitrogen and oxygen atoms in total. The van der Waals surface area contributed by atoms with Crippen LogP contribution in [0.15, 0.2) is 70.4 Å². The van der Waals surface area contributed by atoms with Gasteiger partial charge in [0.2, 0.25) is 5.91 Å². The molecule has 2 aromatic carbocycles. The molecule has 0 spiro atoms. The predicted octanol–water partition coefficient (Wildman–Crippen LogP) is 4.99. The first-order chi connectivity index (χ1) is 16.1. The van der Waals surface area contributed by atoms with E-state index in [9.17, 15) is 4.79 Å². The molecule has 4 rings (SSSR count). The van der Waals surface area contributed by atoms with E-state index in [4.69, 9.17) is 25.5 Å². The number of furan rings is 1. The minimum absolute atomic E-state index is 0.137. The van der Waals surface area contributed by atoms with Crippen molar-refractivity contribution in [1.82, 2.24) is 14.8 Å². The molecule has 2 heterocycles. The number of nitrogens with zero attached hydrogens (tertiary/aromatic N) is 3. The third-order valence-electron chi connectivity index (χ3n) is 4.71. The van der Waals surface area contributed by atoms with Crippen molar-refractivity contribution in [1.29, 1.82) is 0 Å². The third-order valence-corrected chi connectivity index (χ3v) is 5.97. The fourth-order valence-electron chi connectivity index (χ4n) is 3.14. The van der Waals surface area contributed by atoms with Gasteiger partial charge in [0.15, 0.2) is 11.0 Å². The number of amides is 1. The van der Waals surface area contributed by atoms with E-state index in [1.165, 1.54) is 18.9 Å². The van der Waals surface area contributed by atoms with Gasteiger partial charge in [0.05, 0.1) is 37.8 Å². The number of rotatable bonds is 9. The molecule has 2 aromatic heterocycles. The van der Waals surface area contributed by atoms with E-state index in [0.29, 0.717) is 39.7 Å². The number of nitrogens with one attached hydrogen (secondary N) is 1. The number of thioether (sulfide) groups is 1. The highest BCUT2D eigenvalue weighted by Gasteiger charge is 2.18. The van der Waals surface area contributed by atoms with Crippen LogP contribution in [0.4, 0.5) is 5.69 Å². The minimum Gasteiger partial charge on any atom is -0.497 e. The molecular formula is C23H21ClN4O4S. The van der Waals surface area contributed by atoms with E-state index in [1.807, 2.05) is 41.0 Å². The first-order valence-electron chi connectivity index (χ1n) is 9.93. The Labute approximate surface area is 199 Å². The summed E-state index contributed by atoms with van der Waals surface area (Å²) in [6.07, 6.45) is 1.62. The monoisotopic (exact) mass is 484 g/mol. The lowest BCUT2D eigenvalue weighted by atomic mass is 10.2. The molecule has 0 saturated carbocycles. The molecule has 10 heteroatoms. The molecule has 0 aliphatic rings. The molecule has 0 aliphatic carbocycles. The summed E-state index contributed by atoms with van der Waals surface area (Å²) < 4.78 is 17.9. The molecule has 0 saturated heterocycles. The van der Waals surface area contributed by atoms with Crippen LogP contribution in [0, 0.1) is 0 Å². The summed E-state index contributed by atoms with van der Waals surface area (Å²) in [5, 5.41) is 12.5. The maximum atomic E-state index is 12.5. The van der Waals surface area contributed by atoms with E-state index in [1.54, 1.807) is 31.6 Å². The van der Waals surface area contributed by atoms with Gasteiger partial charge < -0.3 is 19.2 Å². The van der Waals surface area contributed by atoms with Gasteiger partial charge in [-0.25, -0.2) is 0 Å². The first-order valence-corrected chi connectivity index (χ1v) is 11.3. The summed E-state index contributed by atoms with van der Waals surface area (Å²) in [6.45, 7) is 0.421. The van der Waals surface area contributed by atoms with Crippen LogP contribution in [-0.2, 0) is 11.3 Å². The number of aromatic nitrogens is 3. The Bertz CT molecular complexity index is 1240. The van der Waals surface area contributed by atoms with Crippen molar-refractivity contribution in [3.63, 3.8) is 0 Å². The fraction of sp³-hybridized carbons (Fsp3) is 0.174. The molecule has 4 aromatic rings. The number of carbonyl (C=O) groups excluding carboxylic acids is 1. The maximum absolute atomic E-state index is 12.5. The van der Waals surface area contributed by atoms with E-state index in [-0.39, 0.29) is 11.7 Å². The van der Waals surface area contributed by atoms with Crippen molar-refractivity contribution in [3.05, 3.63) is 71.6 Å². The second-order valence-electron chi connectivity index (χ2n) is 6.89. The molecular weight excluding hydrogens is 464 g/mol. The highest BCUT2D eigenvalue weighted by Crippen LogP contribution is 2.29. The summed E-state index contributed by atoms with van der Waals surface area (Å²) in [5.74, 6) is 2.59. The highest BCUT2D eigenvalue weighted by molar-refractivity contribution is 7.99. The smallest absolute Gasteiger partial charge is 0.234 e. The molecule has 0 radical (unpaired) electrons. The number of carbonyl (C=O) groups is 1. The summed E-state index contributed by atoms with van der Waals surface area (Å²) in [6, 6.07) is 16.3. The number of benzene rings is 2. The van der Waals surface area contributed by atoms with Crippen molar-refractivity contribution in [2.75, 3.05) is 25.3 Å². The summed E-state index contributed by atoms with van der Waals surface area (Å²) in [5.41, 5.74) is 1.43. The molecule has 0 unspecified atom stereocenters. The Morgan fingerprint density at radius 2 is 2.00 bits per heavy atom. The normalized spacial score (nSPS) is 10.8. The van der Waals surface area contributed by atoms with Crippen LogP contribution in [0.5, 0.6) is 11.5 Å². The van der Waals surface area contributed by atoms with E-state index >= 15 is 0 Å². The van der Waals surface area contributed by atoms with Crippen LogP contribution in [0.25, 0.3) is 11.4 Å². The number of ether oxygens (including phenoxy) is 2. The van der Waals surface area contributed by atoms with Crippen molar-refractivity contribution >= 4 is 35.0 Å². The van der Waals surface area contributed by atoms with Crippen LogP contribution in [0.3, 0.4) is 0 Å². The van der Waals surface area contributed by atoms with E-state index in [2.05, 4.69) is 15.5 Å². The van der Waals surface area contributed by atoms with Gasteiger partial charge in [0.1, 0.15) is 17.3 Å². The average Bonchev–Trinajstić information content (AvgIpc) is 3.48. The zero-order chi connectivity index (χ0) is 23.2. The standard InChI is InChI=1S/C23H21ClN4O4S/c1-30-17-6-3-5-15(11-17)22-26-27-23(28(22)13-18-7-4-10-32-18)33-14-21(29)25-16-8-9-20(31-2)19(24)12-16/h3-12H,13-14H2,1-2H3,(H,25,29). The molecule has 0 fully saturated rings. The summed E-state index contributed by atoms with van der Waals surface area (Å²) >= 11 is 7.42. The molecule has 170 valence electrons. The van der Waals surface area contributed by atoms with Crippen molar-refractivity contribution < 1.29 is 18.7 Å². The number of halogens is 1. The van der Waals surface area contributed by atoms with Crippen LogP contribution in [0.1, 0.15) is 5.76 Å². The Morgan fingerprint density at radius 3 is 2.73 bits per heavy atom. The molecule has 0 aliphatic heterocycles. The SMILES string of the molecule is COc1cccc(-c2nnc(SCC(=O)Nc3ccc(OC)c(Cl)c3)n2Cc2ccco2)c1. The number of methoxy groups -OCH3 is 2. The van der Waals surface area contributed by atoms with Gasteiger partial charge in [-0.15, -0.1) is 10.2 Å².